The lowest BCUT2D eigenvalue weighted by molar-refractivity contribution is -0.145. The minimum absolute atomic E-state index is 0.102. The lowest BCUT2D eigenvalue weighted by Crippen LogP contribution is -2.50. The largest absolute Gasteiger partial charge is 0.480 e. The van der Waals surface area contributed by atoms with Crippen molar-refractivity contribution in [1.29, 1.82) is 0 Å². The molecule has 2 fully saturated rings. The maximum atomic E-state index is 12.4. The molecule has 0 saturated carbocycles. The molecular weight excluding hydrogens is 256 g/mol. The molecular formula is C15H26N2O3. The van der Waals surface area contributed by atoms with E-state index in [9.17, 15) is 14.7 Å². The maximum absolute atomic E-state index is 12.4. The Kier molecular flexibility index (Phi) is 5.40. The van der Waals surface area contributed by atoms with Gasteiger partial charge in [0.25, 0.3) is 0 Å². The van der Waals surface area contributed by atoms with E-state index < -0.39 is 12.0 Å². The number of nitrogens with zero attached hydrogens (tertiary/aromatic N) is 2. The lowest BCUT2D eigenvalue weighted by Gasteiger charge is -2.36. The average Bonchev–Trinajstić information content (AvgIpc) is 2.64. The molecule has 2 unspecified atom stereocenters. The van der Waals surface area contributed by atoms with Crippen molar-refractivity contribution in [2.45, 2.75) is 64.0 Å². The second-order valence-electron chi connectivity index (χ2n) is 6.11. The van der Waals surface area contributed by atoms with E-state index in [0.29, 0.717) is 12.5 Å². The standard InChI is InChI=1S/C15H26N2O3/c1-12-7-4-6-10-17(12)14(18)11-16-9-5-2-3-8-13(16)15(19)20/h12-13H,2-11H2,1H3,(H,19,20). The molecule has 114 valence electrons. The third kappa shape index (κ3) is 3.72. The van der Waals surface area contributed by atoms with E-state index in [-0.39, 0.29) is 12.5 Å². The first-order valence-corrected chi connectivity index (χ1v) is 7.86. The Bertz CT molecular complexity index is 359. The fraction of sp³-hybridized carbons (Fsp3) is 0.867. The normalized spacial score (nSPS) is 28.9. The Balaban J connectivity index is 1.98. The summed E-state index contributed by atoms with van der Waals surface area (Å²) >= 11 is 0. The van der Waals surface area contributed by atoms with Crippen LogP contribution >= 0.6 is 0 Å². The molecule has 0 aromatic carbocycles. The second kappa shape index (κ2) is 7.07. The number of carboxylic acid groups (broad SMARTS) is 1. The summed E-state index contributed by atoms with van der Waals surface area (Å²) in [5, 5.41) is 9.34. The fourth-order valence-electron chi connectivity index (χ4n) is 3.37. The van der Waals surface area contributed by atoms with Gasteiger partial charge in [-0.25, -0.2) is 0 Å². The third-order valence-corrected chi connectivity index (χ3v) is 4.61. The van der Waals surface area contributed by atoms with Gasteiger partial charge in [-0.3, -0.25) is 14.5 Å². The number of carbonyl (C=O) groups excluding carboxylic acids is 1. The first-order valence-electron chi connectivity index (χ1n) is 7.86. The van der Waals surface area contributed by atoms with Crippen LogP contribution in [0.3, 0.4) is 0 Å². The van der Waals surface area contributed by atoms with Crippen LogP contribution < -0.4 is 0 Å². The highest BCUT2D eigenvalue weighted by Crippen LogP contribution is 2.20. The van der Waals surface area contributed by atoms with E-state index in [2.05, 4.69) is 6.92 Å². The van der Waals surface area contributed by atoms with Crippen molar-refractivity contribution in [3.8, 4) is 0 Å². The van der Waals surface area contributed by atoms with Crippen LogP contribution in [0.5, 0.6) is 0 Å². The molecule has 0 radical (unpaired) electrons. The van der Waals surface area contributed by atoms with Crippen molar-refractivity contribution in [2.75, 3.05) is 19.6 Å². The number of piperidine rings is 1. The molecule has 2 rings (SSSR count). The van der Waals surface area contributed by atoms with Gasteiger partial charge in [-0.1, -0.05) is 12.8 Å². The molecule has 2 saturated heterocycles. The van der Waals surface area contributed by atoms with E-state index in [1.807, 2.05) is 9.80 Å². The third-order valence-electron chi connectivity index (χ3n) is 4.61. The van der Waals surface area contributed by atoms with Gasteiger partial charge >= 0.3 is 5.97 Å². The molecule has 5 nitrogen and oxygen atoms in total. The van der Waals surface area contributed by atoms with Crippen molar-refractivity contribution in [3.63, 3.8) is 0 Å². The first kappa shape index (κ1) is 15.3. The van der Waals surface area contributed by atoms with E-state index in [1.54, 1.807) is 0 Å². The topological polar surface area (TPSA) is 60.9 Å². The van der Waals surface area contributed by atoms with Gasteiger partial charge in [-0.15, -0.1) is 0 Å². The molecule has 2 atom stereocenters. The summed E-state index contributed by atoms with van der Waals surface area (Å²) in [6.45, 7) is 3.91. The zero-order chi connectivity index (χ0) is 14.5. The summed E-state index contributed by atoms with van der Waals surface area (Å²) in [5.41, 5.74) is 0. The van der Waals surface area contributed by atoms with Crippen molar-refractivity contribution < 1.29 is 14.7 Å². The Morgan fingerprint density at radius 2 is 1.75 bits per heavy atom. The van der Waals surface area contributed by atoms with Crippen molar-refractivity contribution >= 4 is 11.9 Å². The highest BCUT2D eigenvalue weighted by atomic mass is 16.4. The van der Waals surface area contributed by atoms with Crippen LogP contribution in [-0.2, 0) is 9.59 Å². The molecule has 2 aliphatic heterocycles. The number of amides is 1. The second-order valence-corrected chi connectivity index (χ2v) is 6.11. The molecule has 2 aliphatic rings. The highest BCUT2D eigenvalue weighted by molar-refractivity contribution is 5.80. The minimum Gasteiger partial charge on any atom is -0.480 e. The number of likely N-dealkylation sites (tertiary alicyclic amines) is 2. The van der Waals surface area contributed by atoms with E-state index in [4.69, 9.17) is 0 Å². The van der Waals surface area contributed by atoms with E-state index in [0.717, 1.165) is 45.2 Å². The van der Waals surface area contributed by atoms with Crippen molar-refractivity contribution in [3.05, 3.63) is 0 Å². The van der Waals surface area contributed by atoms with E-state index >= 15 is 0 Å². The Morgan fingerprint density at radius 1 is 1.05 bits per heavy atom. The molecule has 2 heterocycles. The maximum Gasteiger partial charge on any atom is 0.320 e. The Labute approximate surface area is 120 Å². The van der Waals surface area contributed by atoms with Crippen molar-refractivity contribution in [2.24, 2.45) is 0 Å². The zero-order valence-electron chi connectivity index (χ0n) is 12.4. The van der Waals surface area contributed by atoms with Gasteiger partial charge in [0.1, 0.15) is 6.04 Å². The fourth-order valence-corrected chi connectivity index (χ4v) is 3.37. The first-order chi connectivity index (χ1) is 9.59. The quantitative estimate of drug-likeness (QED) is 0.856. The van der Waals surface area contributed by atoms with Gasteiger partial charge in [0.05, 0.1) is 6.54 Å². The Morgan fingerprint density at radius 3 is 2.45 bits per heavy atom. The lowest BCUT2D eigenvalue weighted by atomic mass is 10.0. The molecule has 20 heavy (non-hydrogen) atoms. The number of carbonyl (C=O) groups is 2. The van der Waals surface area contributed by atoms with Crippen LogP contribution in [-0.4, -0.2) is 58.5 Å². The van der Waals surface area contributed by atoms with Crippen molar-refractivity contribution in [1.82, 2.24) is 9.80 Å². The summed E-state index contributed by atoms with van der Waals surface area (Å²) in [6, 6.07) is -0.187. The zero-order valence-corrected chi connectivity index (χ0v) is 12.4. The van der Waals surface area contributed by atoms with Gasteiger partial charge in [0.2, 0.25) is 5.91 Å². The molecule has 0 aliphatic carbocycles. The number of hydrogen-bond acceptors (Lipinski definition) is 3. The molecule has 0 bridgehead atoms. The number of aliphatic carboxylic acids is 1. The van der Waals surface area contributed by atoms with Crippen LogP contribution in [0.15, 0.2) is 0 Å². The predicted molar refractivity (Wildman–Crippen MR) is 76.5 cm³/mol. The van der Waals surface area contributed by atoms with Gasteiger partial charge in [0, 0.05) is 12.6 Å². The minimum atomic E-state index is -0.786. The molecule has 0 aromatic heterocycles. The molecule has 5 heteroatoms. The summed E-state index contributed by atoms with van der Waals surface area (Å²) in [4.78, 5) is 27.6. The van der Waals surface area contributed by atoms with Crippen LogP contribution in [0.2, 0.25) is 0 Å². The van der Waals surface area contributed by atoms with Gasteiger partial charge in [-0.05, 0) is 45.6 Å². The van der Waals surface area contributed by atoms with Crippen LogP contribution in [0.4, 0.5) is 0 Å². The number of hydrogen-bond donors (Lipinski definition) is 1. The van der Waals surface area contributed by atoms with Crippen LogP contribution in [0, 0.1) is 0 Å². The highest BCUT2D eigenvalue weighted by Gasteiger charge is 2.31. The average molecular weight is 282 g/mol. The predicted octanol–water partition coefficient (Wildman–Crippen LogP) is 1.72. The summed E-state index contributed by atoms with van der Waals surface area (Å²) in [5.74, 6) is -0.684. The summed E-state index contributed by atoms with van der Waals surface area (Å²) in [7, 11) is 0. The van der Waals surface area contributed by atoms with Gasteiger partial charge < -0.3 is 10.0 Å². The molecule has 1 N–H and O–H groups in total. The van der Waals surface area contributed by atoms with E-state index in [1.165, 1.54) is 6.42 Å². The molecule has 1 amide bonds. The van der Waals surface area contributed by atoms with Crippen LogP contribution in [0.1, 0.15) is 51.9 Å². The monoisotopic (exact) mass is 282 g/mol. The van der Waals surface area contributed by atoms with Gasteiger partial charge in [-0.2, -0.15) is 0 Å². The SMILES string of the molecule is CC1CCCCN1C(=O)CN1CCCCCC1C(=O)O. The number of carboxylic acids is 1. The summed E-state index contributed by atoms with van der Waals surface area (Å²) in [6.07, 6.45) is 6.99. The smallest absolute Gasteiger partial charge is 0.320 e. The van der Waals surface area contributed by atoms with Gasteiger partial charge in [0.15, 0.2) is 0 Å². The molecule has 0 spiro atoms. The number of rotatable bonds is 3. The Hall–Kier alpha value is -1.10. The summed E-state index contributed by atoms with van der Waals surface area (Å²) < 4.78 is 0. The molecule has 0 aromatic rings. The van der Waals surface area contributed by atoms with Crippen LogP contribution in [0.25, 0.3) is 0 Å².